The second kappa shape index (κ2) is 4.24. The van der Waals surface area contributed by atoms with E-state index in [1.807, 2.05) is 6.92 Å². The van der Waals surface area contributed by atoms with Crippen molar-refractivity contribution in [2.75, 3.05) is 13.4 Å². The molecule has 1 unspecified atom stereocenters. The maximum absolute atomic E-state index is 11.4. The summed E-state index contributed by atoms with van der Waals surface area (Å²) in [6.45, 7) is 1.88. The fourth-order valence-electron chi connectivity index (χ4n) is 3.25. The molecule has 0 N–H and O–H groups in total. The number of fused-ring (bicyclic) bond motifs is 1. The van der Waals surface area contributed by atoms with E-state index in [4.69, 9.17) is 8.92 Å². The van der Waals surface area contributed by atoms with E-state index in [1.54, 1.807) is 0 Å². The van der Waals surface area contributed by atoms with Gasteiger partial charge in [0.2, 0.25) is 0 Å². The second-order valence-corrected chi connectivity index (χ2v) is 6.71. The van der Waals surface area contributed by atoms with Crippen LogP contribution >= 0.6 is 0 Å². The highest BCUT2D eigenvalue weighted by Gasteiger charge is 2.60. The lowest BCUT2D eigenvalue weighted by Gasteiger charge is -2.16. The molecule has 17 heavy (non-hydrogen) atoms. The smallest absolute Gasteiger partial charge is 0.308 e. The van der Waals surface area contributed by atoms with E-state index >= 15 is 0 Å². The van der Waals surface area contributed by atoms with Gasteiger partial charge in [0.15, 0.2) is 0 Å². The molecule has 0 heterocycles. The Morgan fingerprint density at radius 1 is 1.29 bits per heavy atom. The first-order chi connectivity index (χ1) is 7.83. The molecule has 98 valence electrons. The van der Waals surface area contributed by atoms with Crippen LogP contribution in [0, 0.1) is 23.7 Å². The van der Waals surface area contributed by atoms with Gasteiger partial charge in [-0.25, -0.2) is 0 Å². The van der Waals surface area contributed by atoms with Crippen LogP contribution in [0.2, 0.25) is 0 Å². The van der Waals surface area contributed by atoms with Crippen molar-refractivity contribution in [2.24, 2.45) is 23.7 Å². The third-order valence-corrected chi connectivity index (χ3v) is 4.55. The van der Waals surface area contributed by atoms with Crippen molar-refractivity contribution in [1.82, 2.24) is 0 Å². The van der Waals surface area contributed by atoms with E-state index in [2.05, 4.69) is 0 Å². The SMILES string of the molecule is COC(=O)C(C)[C@H]1[C@@H]2C[C@@H](OS(C)(=O)=O)C[C@@H]21. The van der Waals surface area contributed by atoms with Crippen molar-refractivity contribution < 1.29 is 22.1 Å². The molecule has 5 atom stereocenters. The quantitative estimate of drug-likeness (QED) is 0.553. The Hall–Kier alpha value is -0.620. The molecule has 5 nitrogen and oxygen atoms in total. The van der Waals surface area contributed by atoms with E-state index in [1.165, 1.54) is 7.11 Å². The van der Waals surface area contributed by atoms with E-state index in [9.17, 15) is 13.2 Å². The number of hydrogen-bond acceptors (Lipinski definition) is 5. The fourth-order valence-corrected chi connectivity index (χ4v) is 3.90. The standard InChI is InChI=1S/C11H18O5S/c1-6(11(12)15-2)10-8-4-7(5-9(8)10)16-17(3,13)14/h6-10H,4-5H2,1-3H3/t6?,7-,8-,9+,10+. The largest absolute Gasteiger partial charge is 0.469 e. The van der Waals surface area contributed by atoms with Crippen LogP contribution in [0.4, 0.5) is 0 Å². The van der Waals surface area contributed by atoms with Gasteiger partial charge in [-0.05, 0) is 30.6 Å². The highest BCUT2D eigenvalue weighted by Crippen LogP contribution is 2.61. The van der Waals surface area contributed by atoms with Crippen LogP contribution in [0.15, 0.2) is 0 Å². The fraction of sp³-hybridized carbons (Fsp3) is 0.909. The lowest BCUT2D eigenvalue weighted by molar-refractivity contribution is -0.145. The molecular formula is C11H18O5S. The number of methoxy groups -OCH3 is 1. The number of esters is 1. The summed E-state index contributed by atoms with van der Waals surface area (Å²) in [5.41, 5.74) is 0. The van der Waals surface area contributed by atoms with Gasteiger partial charge in [-0.3, -0.25) is 8.98 Å². The maximum atomic E-state index is 11.4. The molecule has 0 aromatic rings. The van der Waals surface area contributed by atoms with Crippen molar-refractivity contribution >= 4 is 16.1 Å². The van der Waals surface area contributed by atoms with Gasteiger partial charge < -0.3 is 4.74 Å². The summed E-state index contributed by atoms with van der Waals surface area (Å²) >= 11 is 0. The third kappa shape index (κ3) is 2.63. The summed E-state index contributed by atoms with van der Waals surface area (Å²) in [4.78, 5) is 11.4. The van der Waals surface area contributed by atoms with Gasteiger partial charge in [0, 0.05) is 0 Å². The predicted octanol–water partition coefficient (Wildman–Crippen LogP) is 0.796. The lowest BCUT2D eigenvalue weighted by Crippen LogP contribution is -2.21. The maximum Gasteiger partial charge on any atom is 0.308 e. The zero-order valence-electron chi connectivity index (χ0n) is 10.3. The predicted molar refractivity (Wildman–Crippen MR) is 60.6 cm³/mol. The van der Waals surface area contributed by atoms with Crippen molar-refractivity contribution in [2.45, 2.75) is 25.9 Å². The Morgan fingerprint density at radius 2 is 1.82 bits per heavy atom. The number of carbonyl (C=O) groups is 1. The van der Waals surface area contributed by atoms with Gasteiger partial charge >= 0.3 is 5.97 Å². The summed E-state index contributed by atoms with van der Waals surface area (Å²) in [6, 6.07) is 0. The number of hydrogen-bond donors (Lipinski definition) is 0. The molecule has 0 aromatic heterocycles. The minimum Gasteiger partial charge on any atom is -0.469 e. The van der Waals surface area contributed by atoms with Crippen LogP contribution in [0.3, 0.4) is 0 Å². The second-order valence-electron chi connectivity index (χ2n) is 5.11. The average Bonchev–Trinajstić information content (AvgIpc) is 2.71. The van der Waals surface area contributed by atoms with Gasteiger partial charge in [-0.1, -0.05) is 6.92 Å². The molecule has 2 aliphatic carbocycles. The van der Waals surface area contributed by atoms with E-state index in [0.29, 0.717) is 17.8 Å². The van der Waals surface area contributed by atoms with Gasteiger partial charge in [-0.2, -0.15) is 8.42 Å². The molecular weight excluding hydrogens is 244 g/mol. The summed E-state index contributed by atoms with van der Waals surface area (Å²) in [7, 11) is -1.97. The molecule has 6 heteroatoms. The molecule has 2 aliphatic rings. The van der Waals surface area contributed by atoms with Gasteiger partial charge in [-0.15, -0.1) is 0 Å². The van der Waals surface area contributed by atoms with E-state index < -0.39 is 10.1 Å². The molecule has 2 fully saturated rings. The zero-order valence-corrected chi connectivity index (χ0v) is 11.1. The Labute approximate surface area is 102 Å². The van der Waals surface area contributed by atoms with Crippen LogP contribution in [0.1, 0.15) is 19.8 Å². The highest BCUT2D eigenvalue weighted by atomic mass is 32.2. The average molecular weight is 262 g/mol. The number of rotatable bonds is 4. The highest BCUT2D eigenvalue weighted by molar-refractivity contribution is 7.86. The number of ether oxygens (including phenoxy) is 1. The molecule has 2 rings (SSSR count). The monoisotopic (exact) mass is 262 g/mol. The Kier molecular flexibility index (Phi) is 3.20. The summed E-state index contributed by atoms with van der Waals surface area (Å²) in [6.07, 6.45) is 2.36. The van der Waals surface area contributed by atoms with Gasteiger partial charge in [0.25, 0.3) is 10.1 Å². The van der Waals surface area contributed by atoms with Crippen molar-refractivity contribution in [3.05, 3.63) is 0 Å². The molecule has 0 bridgehead atoms. The first-order valence-corrected chi connectivity index (χ1v) is 7.61. The zero-order chi connectivity index (χ0) is 12.8. The molecule has 0 aliphatic heterocycles. The third-order valence-electron chi connectivity index (χ3n) is 3.93. The van der Waals surface area contributed by atoms with Crippen LogP contribution < -0.4 is 0 Å². The molecule has 0 spiro atoms. The summed E-state index contributed by atoms with van der Waals surface area (Å²) in [5, 5.41) is 0. The Balaban J connectivity index is 1.85. The van der Waals surface area contributed by atoms with Crippen molar-refractivity contribution in [3.8, 4) is 0 Å². The van der Waals surface area contributed by atoms with Gasteiger partial charge in [0.05, 0.1) is 25.4 Å². The molecule has 0 amide bonds. The molecule has 2 saturated carbocycles. The van der Waals surface area contributed by atoms with E-state index in [-0.39, 0.29) is 18.0 Å². The van der Waals surface area contributed by atoms with Crippen LogP contribution in [0.25, 0.3) is 0 Å². The molecule has 0 saturated heterocycles. The van der Waals surface area contributed by atoms with Crippen LogP contribution in [0.5, 0.6) is 0 Å². The van der Waals surface area contributed by atoms with Crippen molar-refractivity contribution in [3.63, 3.8) is 0 Å². The van der Waals surface area contributed by atoms with Crippen LogP contribution in [-0.2, 0) is 23.8 Å². The van der Waals surface area contributed by atoms with Crippen LogP contribution in [-0.4, -0.2) is 33.9 Å². The first kappa shape index (κ1) is 12.8. The molecule has 0 radical (unpaired) electrons. The summed E-state index contributed by atoms with van der Waals surface area (Å²) < 4.78 is 31.7. The minimum absolute atomic E-state index is 0.0887. The summed E-state index contributed by atoms with van der Waals surface area (Å²) in [5.74, 6) is 0.938. The molecule has 0 aromatic carbocycles. The van der Waals surface area contributed by atoms with Gasteiger partial charge in [0.1, 0.15) is 0 Å². The Bertz CT molecular complexity index is 404. The van der Waals surface area contributed by atoms with Crippen molar-refractivity contribution in [1.29, 1.82) is 0 Å². The minimum atomic E-state index is -3.36. The first-order valence-electron chi connectivity index (χ1n) is 5.79. The van der Waals surface area contributed by atoms with E-state index in [0.717, 1.165) is 19.1 Å². The lowest BCUT2D eigenvalue weighted by atomic mass is 9.98. The topological polar surface area (TPSA) is 69.7 Å². The Morgan fingerprint density at radius 3 is 2.24 bits per heavy atom. The number of carbonyl (C=O) groups excluding carboxylic acids is 1. The normalized spacial score (nSPS) is 37.4.